The van der Waals surface area contributed by atoms with Crippen molar-refractivity contribution in [1.29, 1.82) is 0 Å². The highest BCUT2D eigenvalue weighted by Gasteiger charge is 2.25. The van der Waals surface area contributed by atoms with Crippen LogP contribution in [0.15, 0.2) is 23.8 Å². The molecule has 2 aliphatic rings. The summed E-state index contributed by atoms with van der Waals surface area (Å²) in [7, 11) is 0. The molecule has 0 aromatic rings. The number of rotatable bonds is 0. The van der Waals surface area contributed by atoms with E-state index in [1.165, 1.54) is 12.8 Å². The van der Waals surface area contributed by atoms with Crippen LogP contribution in [0.25, 0.3) is 0 Å². The topological polar surface area (TPSA) is 0 Å². The fraction of sp³-hybridized carbons (Fsp3) is 0.556. The second kappa shape index (κ2) is 1.73. The second-order valence-corrected chi connectivity index (χ2v) is 3.21. The summed E-state index contributed by atoms with van der Waals surface area (Å²) >= 11 is 0. The molecule has 0 fully saturated rings. The predicted octanol–water partition coefficient (Wildman–Crippen LogP) is 2.53. The van der Waals surface area contributed by atoms with Gasteiger partial charge in [0, 0.05) is 0 Å². The summed E-state index contributed by atoms with van der Waals surface area (Å²) in [6, 6.07) is 0. The SMILES string of the molecule is CC1=CC2CC=CC2C1. The van der Waals surface area contributed by atoms with E-state index in [2.05, 4.69) is 25.2 Å². The van der Waals surface area contributed by atoms with Crippen LogP contribution in [0.1, 0.15) is 19.8 Å². The first kappa shape index (κ1) is 5.28. The molecule has 0 bridgehead atoms. The summed E-state index contributed by atoms with van der Waals surface area (Å²) in [5.74, 6) is 1.76. The average molecular weight is 120 g/mol. The molecule has 0 heteroatoms. The molecule has 2 aliphatic carbocycles. The first-order valence-electron chi connectivity index (χ1n) is 3.70. The molecule has 0 N–H and O–H groups in total. The van der Waals surface area contributed by atoms with E-state index < -0.39 is 0 Å². The van der Waals surface area contributed by atoms with Gasteiger partial charge in [0.15, 0.2) is 0 Å². The molecule has 0 spiro atoms. The molecule has 2 atom stereocenters. The molecule has 48 valence electrons. The van der Waals surface area contributed by atoms with Crippen LogP contribution in [0.4, 0.5) is 0 Å². The molecule has 0 heterocycles. The fourth-order valence-electron chi connectivity index (χ4n) is 1.94. The maximum absolute atomic E-state index is 2.44. The molecule has 0 saturated heterocycles. The van der Waals surface area contributed by atoms with Gasteiger partial charge in [-0.2, -0.15) is 0 Å². The first-order valence-corrected chi connectivity index (χ1v) is 3.70. The molecule has 2 unspecified atom stereocenters. The molecule has 0 saturated carbocycles. The Morgan fingerprint density at radius 2 is 2.33 bits per heavy atom. The van der Waals surface area contributed by atoms with Crippen LogP contribution in [0.2, 0.25) is 0 Å². The third kappa shape index (κ3) is 0.735. The number of hydrogen-bond acceptors (Lipinski definition) is 0. The normalized spacial score (nSPS) is 39.0. The van der Waals surface area contributed by atoms with Crippen LogP contribution in [-0.2, 0) is 0 Å². The maximum atomic E-state index is 2.44. The summed E-state index contributed by atoms with van der Waals surface area (Å²) in [5.41, 5.74) is 1.59. The molecule has 0 aliphatic heterocycles. The molecular weight excluding hydrogens is 108 g/mol. The molecular formula is C9H12. The fourth-order valence-corrected chi connectivity index (χ4v) is 1.94. The largest absolute Gasteiger partial charge is 0.0876 e. The standard InChI is InChI=1S/C9H12/c1-7-5-8-3-2-4-9(8)6-7/h2-3,6,8-9H,4-5H2,1H3. The van der Waals surface area contributed by atoms with Crippen LogP contribution in [0.5, 0.6) is 0 Å². The van der Waals surface area contributed by atoms with Gasteiger partial charge in [-0.05, 0) is 31.6 Å². The predicted molar refractivity (Wildman–Crippen MR) is 39.1 cm³/mol. The summed E-state index contributed by atoms with van der Waals surface area (Å²) in [6.45, 7) is 2.24. The molecule has 0 radical (unpaired) electrons. The summed E-state index contributed by atoms with van der Waals surface area (Å²) in [5, 5.41) is 0. The van der Waals surface area contributed by atoms with Gasteiger partial charge in [0.1, 0.15) is 0 Å². The Kier molecular flexibility index (Phi) is 1.01. The lowest BCUT2D eigenvalue weighted by Crippen LogP contribution is -1.96. The third-order valence-electron chi connectivity index (χ3n) is 2.40. The van der Waals surface area contributed by atoms with Gasteiger partial charge in [-0.25, -0.2) is 0 Å². The monoisotopic (exact) mass is 120 g/mol. The smallest absolute Gasteiger partial charge is 0.0130 e. The Hall–Kier alpha value is -0.520. The van der Waals surface area contributed by atoms with Gasteiger partial charge in [-0.1, -0.05) is 23.8 Å². The highest BCUT2D eigenvalue weighted by atomic mass is 14.3. The van der Waals surface area contributed by atoms with Crippen LogP contribution >= 0.6 is 0 Å². The minimum Gasteiger partial charge on any atom is -0.0876 e. The van der Waals surface area contributed by atoms with Gasteiger partial charge in [0.25, 0.3) is 0 Å². The molecule has 2 rings (SSSR count). The highest BCUT2D eigenvalue weighted by Crippen LogP contribution is 2.37. The van der Waals surface area contributed by atoms with Crippen molar-refractivity contribution in [3.8, 4) is 0 Å². The van der Waals surface area contributed by atoms with E-state index in [1.54, 1.807) is 5.57 Å². The number of allylic oxidation sites excluding steroid dienone is 4. The summed E-state index contributed by atoms with van der Waals surface area (Å²) in [4.78, 5) is 0. The van der Waals surface area contributed by atoms with Crippen LogP contribution in [-0.4, -0.2) is 0 Å². The van der Waals surface area contributed by atoms with E-state index in [0.717, 1.165) is 11.8 Å². The minimum absolute atomic E-state index is 0.880. The quantitative estimate of drug-likeness (QED) is 0.431. The van der Waals surface area contributed by atoms with Crippen molar-refractivity contribution in [3.05, 3.63) is 23.8 Å². The zero-order chi connectivity index (χ0) is 6.27. The van der Waals surface area contributed by atoms with Gasteiger partial charge >= 0.3 is 0 Å². The van der Waals surface area contributed by atoms with Crippen LogP contribution in [0.3, 0.4) is 0 Å². The van der Waals surface area contributed by atoms with Crippen molar-refractivity contribution in [2.45, 2.75) is 19.8 Å². The third-order valence-corrected chi connectivity index (χ3v) is 2.40. The van der Waals surface area contributed by atoms with Gasteiger partial charge in [0.05, 0.1) is 0 Å². The Morgan fingerprint density at radius 1 is 1.44 bits per heavy atom. The lowest BCUT2D eigenvalue weighted by atomic mass is 10.00. The average Bonchev–Trinajstić information content (AvgIpc) is 2.22. The molecule has 0 aromatic carbocycles. The van der Waals surface area contributed by atoms with E-state index in [4.69, 9.17) is 0 Å². The lowest BCUT2D eigenvalue weighted by Gasteiger charge is -2.04. The second-order valence-electron chi connectivity index (χ2n) is 3.21. The Balaban J connectivity index is 2.19. The zero-order valence-corrected chi connectivity index (χ0v) is 5.80. The van der Waals surface area contributed by atoms with Crippen molar-refractivity contribution in [2.75, 3.05) is 0 Å². The van der Waals surface area contributed by atoms with E-state index >= 15 is 0 Å². The highest BCUT2D eigenvalue weighted by molar-refractivity contribution is 5.20. The molecule has 0 aromatic heterocycles. The van der Waals surface area contributed by atoms with Gasteiger partial charge in [-0.3, -0.25) is 0 Å². The van der Waals surface area contributed by atoms with E-state index in [1.807, 2.05) is 0 Å². The Labute approximate surface area is 56.3 Å². The molecule has 9 heavy (non-hydrogen) atoms. The maximum Gasteiger partial charge on any atom is -0.0130 e. The van der Waals surface area contributed by atoms with E-state index in [-0.39, 0.29) is 0 Å². The minimum atomic E-state index is 0.880. The first-order chi connectivity index (χ1) is 4.36. The summed E-state index contributed by atoms with van der Waals surface area (Å²) < 4.78 is 0. The van der Waals surface area contributed by atoms with Crippen LogP contribution < -0.4 is 0 Å². The van der Waals surface area contributed by atoms with E-state index in [9.17, 15) is 0 Å². The lowest BCUT2D eigenvalue weighted by molar-refractivity contribution is 0.548. The van der Waals surface area contributed by atoms with Crippen molar-refractivity contribution in [3.63, 3.8) is 0 Å². The zero-order valence-electron chi connectivity index (χ0n) is 5.80. The van der Waals surface area contributed by atoms with Gasteiger partial charge < -0.3 is 0 Å². The Morgan fingerprint density at radius 3 is 3.11 bits per heavy atom. The van der Waals surface area contributed by atoms with Crippen LogP contribution in [0, 0.1) is 11.8 Å². The van der Waals surface area contributed by atoms with Crippen molar-refractivity contribution in [1.82, 2.24) is 0 Å². The molecule has 0 amide bonds. The van der Waals surface area contributed by atoms with Crippen molar-refractivity contribution < 1.29 is 0 Å². The number of hydrogen-bond donors (Lipinski definition) is 0. The number of fused-ring (bicyclic) bond motifs is 1. The van der Waals surface area contributed by atoms with E-state index in [0.29, 0.717) is 0 Å². The van der Waals surface area contributed by atoms with Gasteiger partial charge in [-0.15, -0.1) is 0 Å². The van der Waals surface area contributed by atoms with Crippen molar-refractivity contribution >= 4 is 0 Å². The Bertz CT molecular complexity index is 174. The van der Waals surface area contributed by atoms with Crippen molar-refractivity contribution in [2.24, 2.45) is 11.8 Å². The summed E-state index contributed by atoms with van der Waals surface area (Å²) in [6.07, 6.45) is 9.74. The van der Waals surface area contributed by atoms with Gasteiger partial charge in [0.2, 0.25) is 0 Å². The molecule has 0 nitrogen and oxygen atoms in total.